The van der Waals surface area contributed by atoms with Crippen LogP contribution in [0.2, 0.25) is 0 Å². The van der Waals surface area contributed by atoms with Gasteiger partial charge in [-0.1, -0.05) is 18.2 Å². The molecule has 3 aromatic rings. The number of alkyl halides is 3. The molecule has 0 aliphatic carbocycles. The van der Waals surface area contributed by atoms with Crippen molar-refractivity contribution >= 4 is 17.0 Å². The zero-order valence-corrected chi connectivity index (χ0v) is 13.9. The number of H-pyrrole nitrogens is 1. The Morgan fingerprint density at radius 2 is 1.81 bits per heavy atom. The van der Waals surface area contributed by atoms with Gasteiger partial charge in [0.25, 0.3) is 0 Å². The molecule has 1 N–H and O–H groups in total. The lowest BCUT2D eigenvalue weighted by Gasteiger charge is -2.19. The van der Waals surface area contributed by atoms with Crippen LogP contribution in [0.15, 0.2) is 47.3 Å². The van der Waals surface area contributed by atoms with E-state index in [2.05, 4.69) is 4.98 Å². The molecule has 0 aliphatic rings. The molecule has 0 amide bonds. The van der Waals surface area contributed by atoms with Crippen LogP contribution >= 0.6 is 0 Å². The highest BCUT2D eigenvalue weighted by Gasteiger charge is 2.31. The number of aromatic amines is 1. The Kier molecular flexibility index (Phi) is 4.35. The van der Waals surface area contributed by atoms with Crippen LogP contribution in [0.5, 0.6) is 0 Å². The number of nitrogens with one attached hydrogen (secondary N) is 1. The number of carbonyl (C=O) groups excluding carboxylic acids is 1. The van der Waals surface area contributed by atoms with Crippen molar-refractivity contribution in [2.75, 3.05) is 0 Å². The predicted octanol–water partition coefficient (Wildman–Crippen LogP) is 3.77. The molecule has 0 saturated carbocycles. The lowest BCUT2D eigenvalue weighted by atomic mass is 10.1. The van der Waals surface area contributed by atoms with Crippen molar-refractivity contribution in [1.82, 2.24) is 9.55 Å². The summed E-state index contributed by atoms with van der Waals surface area (Å²) in [6.45, 7) is 3.02. The zero-order valence-electron chi connectivity index (χ0n) is 13.9. The number of hydrogen-bond acceptors (Lipinski definition) is 3. The van der Waals surface area contributed by atoms with E-state index in [-0.39, 0.29) is 5.56 Å². The molecular weight excluding hydrogens is 349 g/mol. The molecule has 3 rings (SSSR count). The molecule has 1 atom stereocenters. The summed E-state index contributed by atoms with van der Waals surface area (Å²) in [6.07, 6.45) is -5.66. The van der Waals surface area contributed by atoms with Crippen molar-refractivity contribution in [3.8, 4) is 0 Å². The Morgan fingerprint density at radius 3 is 2.38 bits per heavy atom. The molecule has 0 fully saturated rings. The first-order valence-electron chi connectivity index (χ1n) is 7.72. The van der Waals surface area contributed by atoms with E-state index in [0.29, 0.717) is 11.0 Å². The van der Waals surface area contributed by atoms with E-state index in [1.54, 1.807) is 18.2 Å². The van der Waals surface area contributed by atoms with Crippen LogP contribution in [0.4, 0.5) is 13.2 Å². The lowest BCUT2D eigenvalue weighted by molar-refractivity contribution is -0.148. The van der Waals surface area contributed by atoms with Crippen molar-refractivity contribution in [3.63, 3.8) is 0 Å². The highest BCUT2D eigenvalue weighted by molar-refractivity contribution is 5.76. The van der Waals surface area contributed by atoms with E-state index >= 15 is 0 Å². The number of benzene rings is 2. The number of imidazole rings is 1. The van der Waals surface area contributed by atoms with Crippen molar-refractivity contribution < 1.29 is 22.7 Å². The fraction of sp³-hybridized carbons (Fsp3) is 0.222. The molecule has 2 aromatic carbocycles. The Morgan fingerprint density at radius 1 is 1.15 bits per heavy atom. The van der Waals surface area contributed by atoms with Crippen LogP contribution in [0, 0.1) is 6.92 Å². The van der Waals surface area contributed by atoms with Gasteiger partial charge in [0.1, 0.15) is 0 Å². The average molecular weight is 364 g/mol. The minimum absolute atomic E-state index is 0.247. The van der Waals surface area contributed by atoms with Crippen molar-refractivity contribution in [1.29, 1.82) is 0 Å². The molecule has 26 heavy (non-hydrogen) atoms. The summed E-state index contributed by atoms with van der Waals surface area (Å²) >= 11 is 0. The van der Waals surface area contributed by atoms with Gasteiger partial charge in [0.15, 0.2) is 0 Å². The molecule has 0 bridgehead atoms. The van der Waals surface area contributed by atoms with E-state index in [9.17, 15) is 22.8 Å². The number of hydrogen-bond donors (Lipinski definition) is 1. The van der Waals surface area contributed by atoms with Crippen molar-refractivity contribution in [2.45, 2.75) is 26.3 Å². The van der Waals surface area contributed by atoms with Crippen LogP contribution < -0.4 is 5.69 Å². The summed E-state index contributed by atoms with van der Waals surface area (Å²) in [7, 11) is 0. The Balaban J connectivity index is 2.14. The third-order valence-electron chi connectivity index (χ3n) is 3.91. The van der Waals surface area contributed by atoms with E-state index in [1.165, 1.54) is 23.6 Å². The number of halogens is 3. The Bertz CT molecular complexity index is 1020. The summed E-state index contributed by atoms with van der Waals surface area (Å²) in [6, 6.07) is 9.37. The summed E-state index contributed by atoms with van der Waals surface area (Å²) in [4.78, 5) is 26.6. The average Bonchev–Trinajstić information content (AvgIpc) is 2.86. The number of fused-ring (bicyclic) bond motifs is 1. The maximum atomic E-state index is 12.8. The first-order valence-corrected chi connectivity index (χ1v) is 7.72. The Hall–Kier alpha value is -3.03. The second-order valence-corrected chi connectivity index (χ2v) is 5.90. The van der Waals surface area contributed by atoms with Gasteiger partial charge in [0.2, 0.25) is 6.23 Å². The summed E-state index contributed by atoms with van der Waals surface area (Å²) in [5, 5.41) is 0. The number of aromatic nitrogens is 2. The number of aryl methyl sites for hydroxylation is 1. The van der Waals surface area contributed by atoms with Gasteiger partial charge in [-0.25, -0.2) is 4.79 Å². The van der Waals surface area contributed by atoms with Gasteiger partial charge in [-0.2, -0.15) is 13.2 Å². The third-order valence-corrected chi connectivity index (χ3v) is 3.91. The molecule has 5 nitrogen and oxygen atoms in total. The number of carbonyl (C=O) groups is 1. The summed E-state index contributed by atoms with van der Waals surface area (Å²) in [5.74, 6) is -0.664. The van der Waals surface area contributed by atoms with Crippen LogP contribution in [0.25, 0.3) is 11.0 Å². The number of rotatable bonds is 3. The van der Waals surface area contributed by atoms with E-state index in [1.807, 2.05) is 6.92 Å². The van der Waals surface area contributed by atoms with E-state index < -0.39 is 29.6 Å². The van der Waals surface area contributed by atoms with E-state index in [0.717, 1.165) is 17.7 Å². The van der Waals surface area contributed by atoms with Gasteiger partial charge < -0.3 is 9.72 Å². The highest BCUT2D eigenvalue weighted by atomic mass is 19.4. The van der Waals surface area contributed by atoms with Gasteiger partial charge >= 0.3 is 17.8 Å². The molecule has 0 aliphatic heterocycles. The molecule has 0 radical (unpaired) electrons. The van der Waals surface area contributed by atoms with Gasteiger partial charge in [-0.05, 0) is 36.8 Å². The molecule has 1 heterocycles. The quantitative estimate of drug-likeness (QED) is 0.720. The minimum Gasteiger partial charge on any atom is -0.437 e. The SMILES string of the molecule is CC(=O)OC(c1ccc(C(F)(F)F)cc1)n1c(=O)[nH]c2cc(C)ccc21. The molecular formula is C18H15F3N2O3. The first-order chi connectivity index (χ1) is 12.2. The maximum absolute atomic E-state index is 12.8. The first kappa shape index (κ1) is 17.8. The van der Waals surface area contributed by atoms with Gasteiger partial charge in [-0.15, -0.1) is 0 Å². The monoisotopic (exact) mass is 364 g/mol. The summed E-state index contributed by atoms with van der Waals surface area (Å²) < 4.78 is 44.8. The number of ether oxygens (including phenoxy) is 1. The zero-order chi connectivity index (χ0) is 19.1. The van der Waals surface area contributed by atoms with Crippen molar-refractivity contribution in [3.05, 3.63) is 69.6 Å². The molecule has 0 saturated heterocycles. The van der Waals surface area contributed by atoms with Gasteiger partial charge in [0.05, 0.1) is 16.6 Å². The molecule has 8 heteroatoms. The summed E-state index contributed by atoms with van der Waals surface area (Å²) in [5.41, 5.74) is 0.827. The van der Waals surface area contributed by atoms with Crippen LogP contribution in [-0.2, 0) is 15.7 Å². The van der Waals surface area contributed by atoms with Gasteiger partial charge in [0, 0.05) is 12.5 Å². The standard InChI is InChI=1S/C18H15F3N2O3/c1-10-3-8-15-14(9-10)22-17(25)23(15)16(26-11(2)24)12-4-6-13(7-5-12)18(19,20)21/h3-9,16H,1-2H3,(H,22,25). The molecule has 1 unspecified atom stereocenters. The molecule has 136 valence electrons. The predicted molar refractivity (Wildman–Crippen MR) is 88.6 cm³/mol. The topological polar surface area (TPSA) is 64.1 Å². The number of esters is 1. The lowest BCUT2D eigenvalue weighted by Crippen LogP contribution is -2.26. The minimum atomic E-state index is -4.48. The fourth-order valence-electron chi connectivity index (χ4n) is 2.74. The van der Waals surface area contributed by atoms with Crippen LogP contribution in [0.1, 0.15) is 29.8 Å². The molecule has 1 aromatic heterocycles. The van der Waals surface area contributed by atoms with Gasteiger partial charge in [-0.3, -0.25) is 9.36 Å². The Labute approximate surface area is 146 Å². The largest absolute Gasteiger partial charge is 0.437 e. The molecule has 0 spiro atoms. The third kappa shape index (κ3) is 3.35. The van der Waals surface area contributed by atoms with Crippen LogP contribution in [-0.4, -0.2) is 15.5 Å². The second-order valence-electron chi connectivity index (χ2n) is 5.90. The maximum Gasteiger partial charge on any atom is 0.416 e. The fourth-order valence-corrected chi connectivity index (χ4v) is 2.74. The van der Waals surface area contributed by atoms with Crippen molar-refractivity contribution in [2.24, 2.45) is 0 Å². The normalized spacial score (nSPS) is 13.0. The van der Waals surface area contributed by atoms with E-state index in [4.69, 9.17) is 4.74 Å². The van der Waals surface area contributed by atoms with Crippen LogP contribution in [0.3, 0.4) is 0 Å². The smallest absolute Gasteiger partial charge is 0.416 e. The highest BCUT2D eigenvalue weighted by Crippen LogP contribution is 2.31. The second kappa shape index (κ2) is 6.36. The number of nitrogens with zero attached hydrogens (tertiary/aromatic N) is 1.